The number of ether oxygens (including phenoxy) is 2. The van der Waals surface area contributed by atoms with Crippen LogP contribution in [-0.4, -0.2) is 19.3 Å². The first-order chi connectivity index (χ1) is 10.0. The molecule has 0 bridgehead atoms. The van der Waals surface area contributed by atoms with E-state index >= 15 is 0 Å². The van der Waals surface area contributed by atoms with Crippen molar-refractivity contribution in [3.05, 3.63) is 57.0 Å². The Balaban J connectivity index is 2.25. The second kappa shape index (κ2) is 7.16. The van der Waals surface area contributed by atoms with E-state index in [0.717, 1.165) is 15.6 Å². The SMILES string of the molecule is COc1cc(OC)cc(C(O)Cc2ccc(Br)cc2Cl)c1. The zero-order valence-electron chi connectivity index (χ0n) is 11.8. The summed E-state index contributed by atoms with van der Waals surface area (Å²) < 4.78 is 11.3. The predicted molar refractivity (Wildman–Crippen MR) is 87.4 cm³/mol. The Morgan fingerprint density at radius 2 is 1.71 bits per heavy atom. The number of aliphatic hydroxyl groups is 1. The Morgan fingerprint density at radius 3 is 2.24 bits per heavy atom. The van der Waals surface area contributed by atoms with Crippen LogP contribution in [0.3, 0.4) is 0 Å². The third kappa shape index (κ3) is 4.13. The highest BCUT2D eigenvalue weighted by Gasteiger charge is 2.13. The summed E-state index contributed by atoms with van der Waals surface area (Å²) >= 11 is 9.55. The van der Waals surface area contributed by atoms with Gasteiger partial charge in [0, 0.05) is 22.0 Å². The van der Waals surface area contributed by atoms with Crippen LogP contribution in [0.25, 0.3) is 0 Å². The van der Waals surface area contributed by atoms with Crippen molar-refractivity contribution in [1.29, 1.82) is 0 Å². The Kier molecular flexibility index (Phi) is 5.51. The van der Waals surface area contributed by atoms with Crippen LogP contribution in [0.15, 0.2) is 40.9 Å². The van der Waals surface area contributed by atoms with Gasteiger partial charge in [0.25, 0.3) is 0 Å². The van der Waals surface area contributed by atoms with Crippen molar-refractivity contribution in [3.8, 4) is 11.5 Å². The highest BCUT2D eigenvalue weighted by Crippen LogP contribution is 2.30. The standard InChI is InChI=1S/C16H16BrClO3/c1-20-13-5-11(6-14(9-13)21-2)16(19)7-10-3-4-12(17)8-15(10)18/h3-6,8-9,16,19H,7H2,1-2H3. The van der Waals surface area contributed by atoms with E-state index in [4.69, 9.17) is 21.1 Å². The average Bonchev–Trinajstić information content (AvgIpc) is 2.49. The Morgan fingerprint density at radius 1 is 1.10 bits per heavy atom. The second-order valence-corrected chi connectivity index (χ2v) is 5.92. The van der Waals surface area contributed by atoms with Crippen molar-refractivity contribution in [1.82, 2.24) is 0 Å². The normalized spacial score (nSPS) is 12.0. The lowest BCUT2D eigenvalue weighted by Gasteiger charge is -2.15. The molecule has 0 saturated heterocycles. The second-order valence-electron chi connectivity index (χ2n) is 4.60. The van der Waals surface area contributed by atoms with Gasteiger partial charge in [-0.3, -0.25) is 0 Å². The molecule has 0 spiro atoms. The van der Waals surface area contributed by atoms with Crippen molar-refractivity contribution in [3.63, 3.8) is 0 Å². The minimum Gasteiger partial charge on any atom is -0.497 e. The van der Waals surface area contributed by atoms with Gasteiger partial charge >= 0.3 is 0 Å². The van der Waals surface area contributed by atoms with E-state index in [1.807, 2.05) is 18.2 Å². The maximum Gasteiger partial charge on any atom is 0.122 e. The summed E-state index contributed by atoms with van der Waals surface area (Å²) in [5, 5.41) is 11.0. The third-order valence-electron chi connectivity index (χ3n) is 3.19. The molecular formula is C16H16BrClO3. The summed E-state index contributed by atoms with van der Waals surface area (Å²) in [6.07, 6.45) is -0.268. The van der Waals surface area contributed by atoms with Gasteiger partial charge in [0.15, 0.2) is 0 Å². The fourth-order valence-electron chi connectivity index (χ4n) is 2.04. The summed E-state index contributed by atoms with van der Waals surface area (Å²) in [4.78, 5) is 0. The van der Waals surface area contributed by atoms with Gasteiger partial charge in [-0.2, -0.15) is 0 Å². The van der Waals surface area contributed by atoms with E-state index in [2.05, 4.69) is 15.9 Å². The molecule has 0 aliphatic heterocycles. The largest absolute Gasteiger partial charge is 0.497 e. The van der Waals surface area contributed by atoms with Crippen LogP contribution in [0.4, 0.5) is 0 Å². The molecule has 2 aromatic carbocycles. The molecule has 0 heterocycles. The van der Waals surface area contributed by atoms with Crippen LogP contribution in [-0.2, 0) is 6.42 Å². The Hall–Kier alpha value is -1.23. The molecule has 1 atom stereocenters. The molecule has 1 unspecified atom stereocenters. The molecule has 21 heavy (non-hydrogen) atoms. The van der Waals surface area contributed by atoms with Gasteiger partial charge in [0.1, 0.15) is 11.5 Å². The molecule has 112 valence electrons. The number of methoxy groups -OCH3 is 2. The first-order valence-corrected chi connectivity index (χ1v) is 7.55. The van der Waals surface area contributed by atoms with Gasteiger partial charge in [-0.1, -0.05) is 33.6 Å². The van der Waals surface area contributed by atoms with Gasteiger partial charge in [-0.15, -0.1) is 0 Å². The number of benzene rings is 2. The first-order valence-electron chi connectivity index (χ1n) is 6.38. The smallest absolute Gasteiger partial charge is 0.122 e. The topological polar surface area (TPSA) is 38.7 Å². The zero-order chi connectivity index (χ0) is 15.4. The molecule has 0 saturated carbocycles. The lowest BCUT2D eigenvalue weighted by Crippen LogP contribution is -2.03. The summed E-state index contributed by atoms with van der Waals surface area (Å²) in [6, 6.07) is 11.0. The summed E-state index contributed by atoms with van der Waals surface area (Å²) in [5.74, 6) is 1.29. The number of rotatable bonds is 5. The first kappa shape index (κ1) is 16.1. The third-order valence-corrected chi connectivity index (χ3v) is 4.03. The minimum atomic E-state index is -0.687. The van der Waals surface area contributed by atoms with Crippen LogP contribution < -0.4 is 9.47 Å². The maximum absolute atomic E-state index is 10.4. The average molecular weight is 372 g/mol. The summed E-state index contributed by atoms with van der Waals surface area (Å²) in [7, 11) is 3.16. The quantitative estimate of drug-likeness (QED) is 0.847. The molecule has 3 nitrogen and oxygen atoms in total. The molecule has 0 fully saturated rings. The molecule has 1 N–H and O–H groups in total. The van der Waals surface area contributed by atoms with Crippen LogP contribution in [0.1, 0.15) is 17.2 Å². The number of hydrogen-bond acceptors (Lipinski definition) is 3. The van der Waals surface area contributed by atoms with Gasteiger partial charge < -0.3 is 14.6 Å². The van der Waals surface area contributed by atoms with Gasteiger partial charge in [-0.25, -0.2) is 0 Å². The lowest BCUT2D eigenvalue weighted by atomic mass is 10.0. The molecule has 2 aromatic rings. The van der Waals surface area contributed by atoms with Crippen LogP contribution in [0, 0.1) is 0 Å². The highest BCUT2D eigenvalue weighted by atomic mass is 79.9. The molecule has 5 heteroatoms. The van der Waals surface area contributed by atoms with Crippen molar-refractivity contribution < 1.29 is 14.6 Å². The lowest BCUT2D eigenvalue weighted by molar-refractivity contribution is 0.177. The van der Waals surface area contributed by atoms with E-state index in [0.29, 0.717) is 22.9 Å². The van der Waals surface area contributed by atoms with E-state index in [1.165, 1.54) is 0 Å². The minimum absolute atomic E-state index is 0.419. The summed E-state index contributed by atoms with van der Waals surface area (Å²) in [5.41, 5.74) is 1.61. The Bertz CT molecular complexity index is 609. The predicted octanol–water partition coefficient (Wildman–Crippen LogP) is 4.40. The molecule has 0 amide bonds. The number of hydrogen-bond donors (Lipinski definition) is 1. The zero-order valence-corrected chi connectivity index (χ0v) is 14.1. The van der Waals surface area contributed by atoms with Crippen LogP contribution >= 0.6 is 27.5 Å². The van der Waals surface area contributed by atoms with Crippen molar-refractivity contribution >= 4 is 27.5 Å². The molecule has 2 rings (SSSR count). The summed E-state index contributed by atoms with van der Waals surface area (Å²) in [6.45, 7) is 0. The number of halogens is 2. The highest BCUT2D eigenvalue weighted by molar-refractivity contribution is 9.10. The fourth-order valence-corrected chi connectivity index (χ4v) is 2.79. The molecule has 0 aliphatic rings. The molecule has 0 aromatic heterocycles. The molecule has 0 aliphatic carbocycles. The monoisotopic (exact) mass is 370 g/mol. The Labute approximate surface area is 137 Å². The van der Waals surface area contributed by atoms with Crippen molar-refractivity contribution in [2.24, 2.45) is 0 Å². The molecule has 0 radical (unpaired) electrons. The fraction of sp³-hybridized carbons (Fsp3) is 0.250. The van der Waals surface area contributed by atoms with Gasteiger partial charge in [-0.05, 0) is 35.4 Å². The number of aliphatic hydroxyl groups excluding tert-OH is 1. The van der Waals surface area contributed by atoms with Crippen LogP contribution in [0.5, 0.6) is 11.5 Å². The molecular weight excluding hydrogens is 356 g/mol. The van der Waals surface area contributed by atoms with E-state index in [-0.39, 0.29) is 0 Å². The maximum atomic E-state index is 10.4. The van der Waals surface area contributed by atoms with Crippen LogP contribution in [0.2, 0.25) is 5.02 Å². The van der Waals surface area contributed by atoms with E-state index in [9.17, 15) is 5.11 Å². The van der Waals surface area contributed by atoms with E-state index in [1.54, 1.807) is 32.4 Å². The van der Waals surface area contributed by atoms with Gasteiger partial charge in [0.2, 0.25) is 0 Å². The van der Waals surface area contributed by atoms with E-state index < -0.39 is 6.10 Å². The van der Waals surface area contributed by atoms with Gasteiger partial charge in [0.05, 0.1) is 20.3 Å². The van der Waals surface area contributed by atoms with Crippen molar-refractivity contribution in [2.45, 2.75) is 12.5 Å². The van der Waals surface area contributed by atoms with Crippen molar-refractivity contribution in [2.75, 3.05) is 14.2 Å².